The fraction of sp³-hybridized carbons (Fsp3) is 0.524. The van der Waals surface area contributed by atoms with Crippen LogP contribution in [0.5, 0.6) is 5.75 Å². The number of rotatable bonds is 5. The Labute approximate surface area is 158 Å². The molecule has 0 spiro atoms. The second-order valence-corrected chi connectivity index (χ2v) is 7.28. The molecule has 0 radical (unpaired) electrons. The quantitative estimate of drug-likeness (QED) is 0.860. The van der Waals surface area contributed by atoms with Gasteiger partial charge in [-0.3, -0.25) is 9.59 Å². The minimum atomic E-state index is -0.532. The summed E-state index contributed by atoms with van der Waals surface area (Å²) in [5, 5.41) is 9.49. The molecule has 0 saturated heterocycles. The van der Waals surface area contributed by atoms with Gasteiger partial charge in [0.2, 0.25) is 0 Å². The predicted octanol–water partition coefficient (Wildman–Crippen LogP) is 2.37. The van der Waals surface area contributed by atoms with Gasteiger partial charge in [-0.25, -0.2) is 0 Å². The van der Waals surface area contributed by atoms with Gasteiger partial charge in [-0.05, 0) is 43.9 Å². The van der Waals surface area contributed by atoms with Crippen LogP contribution < -0.4 is 4.74 Å². The topological polar surface area (TPSA) is 76.1 Å². The van der Waals surface area contributed by atoms with E-state index in [4.69, 9.17) is 9.47 Å². The van der Waals surface area contributed by atoms with E-state index in [0.29, 0.717) is 17.9 Å². The van der Waals surface area contributed by atoms with Crippen molar-refractivity contribution >= 4 is 11.7 Å². The van der Waals surface area contributed by atoms with Gasteiger partial charge in [0.25, 0.3) is 5.91 Å². The molecule has 144 valence electrons. The molecule has 2 heterocycles. The maximum atomic E-state index is 13.3. The number of hydrogen-bond acceptors (Lipinski definition) is 5. The molecule has 6 heteroatoms. The van der Waals surface area contributed by atoms with E-state index in [1.165, 1.54) is 0 Å². The number of Topliss-reactive ketones (excluding diaryl/α,β-unsaturated/α-hetero) is 1. The van der Waals surface area contributed by atoms with E-state index in [0.717, 1.165) is 31.2 Å². The van der Waals surface area contributed by atoms with Crippen molar-refractivity contribution in [1.82, 2.24) is 4.90 Å². The van der Waals surface area contributed by atoms with Crippen LogP contribution in [-0.2, 0) is 14.3 Å². The van der Waals surface area contributed by atoms with Gasteiger partial charge in [-0.2, -0.15) is 0 Å². The van der Waals surface area contributed by atoms with E-state index < -0.39 is 6.04 Å². The van der Waals surface area contributed by atoms with Crippen molar-refractivity contribution in [1.29, 1.82) is 0 Å². The number of benzene rings is 1. The number of aliphatic hydroxyl groups excluding tert-OH is 1. The molecular weight excluding hydrogens is 346 g/mol. The minimum absolute atomic E-state index is 0.0292. The van der Waals surface area contributed by atoms with Gasteiger partial charge in [-0.1, -0.05) is 18.6 Å². The highest BCUT2D eigenvalue weighted by Gasteiger charge is 2.51. The van der Waals surface area contributed by atoms with E-state index in [2.05, 4.69) is 0 Å². The first kappa shape index (κ1) is 18.0. The zero-order chi connectivity index (χ0) is 19.0. The van der Waals surface area contributed by atoms with Crippen LogP contribution in [0.15, 0.2) is 35.6 Å². The highest BCUT2D eigenvalue weighted by atomic mass is 16.5. The van der Waals surface area contributed by atoms with Crippen LogP contribution in [0.2, 0.25) is 0 Å². The van der Waals surface area contributed by atoms with Crippen molar-refractivity contribution in [2.45, 2.75) is 44.8 Å². The summed E-state index contributed by atoms with van der Waals surface area (Å²) in [6.07, 6.45) is 3.45. The molecular formula is C21H25NO5. The van der Waals surface area contributed by atoms with Gasteiger partial charge in [0, 0.05) is 6.54 Å². The number of aliphatic hydroxyl groups is 1. The Balaban J connectivity index is 1.77. The van der Waals surface area contributed by atoms with Gasteiger partial charge >= 0.3 is 0 Å². The van der Waals surface area contributed by atoms with Crippen molar-refractivity contribution in [3.8, 4) is 5.75 Å². The number of ketones is 1. The third-order valence-electron chi connectivity index (χ3n) is 5.68. The normalized spacial score (nSPS) is 27.3. The van der Waals surface area contributed by atoms with Crippen molar-refractivity contribution in [2.24, 2.45) is 5.92 Å². The molecule has 4 rings (SSSR count). The zero-order valence-corrected chi connectivity index (χ0v) is 15.5. The highest BCUT2D eigenvalue weighted by Crippen LogP contribution is 2.46. The smallest absolute Gasteiger partial charge is 0.290 e. The standard InChI is InChI=1S/C21H25NO5/c1-2-26-14-7-5-6-13(12-14)18-17-19(24)15-8-3-4-9-16(15)27-20(17)21(25)22(18)10-11-23/h5-7,12,15-16,18,23H,2-4,8-11H2,1H3. The molecule has 0 aromatic heterocycles. The summed E-state index contributed by atoms with van der Waals surface area (Å²) in [7, 11) is 0. The number of carbonyl (C=O) groups excluding carboxylic acids is 2. The lowest BCUT2D eigenvalue weighted by atomic mass is 9.77. The van der Waals surface area contributed by atoms with E-state index in [1.807, 2.05) is 31.2 Å². The average molecular weight is 371 g/mol. The van der Waals surface area contributed by atoms with E-state index in [1.54, 1.807) is 4.90 Å². The van der Waals surface area contributed by atoms with Crippen LogP contribution >= 0.6 is 0 Å². The lowest BCUT2D eigenvalue weighted by Gasteiger charge is -2.35. The number of fused-ring (bicyclic) bond motifs is 1. The fourth-order valence-corrected chi connectivity index (χ4v) is 4.52. The SMILES string of the molecule is CCOc1cccc(C2C3=C(OC4CCCCC4C3=O)C(=O)N2CCO)c1. The molecule has 0 bridgehead atoms. The van der Waals surface area contributed by atoms with Crippen molar-refractivity contribution in [3.63, 3.8) is 0 Å². The summed E-state index contributed by atoms with van der Waals surface area (Å²) in [5.41, 5.74) is 1.25. The third-order valence-corrected chi connectivity index (χ3v) is 5.68. The molecule has 1 aliphatic carbocycles. The Morgan fingerprint density at radius 2 is 2.07 bits per heavy atom. The summed E-state index contributed by atoms with van der Waals surface area (Å²) >= 11 is 0. The first-order valence-electron chi connectivity index (χ1n) is 9.75. The number of β-amino-alcohol motifs (C(OH)–C–C–N with tert-alkyl or cyclic N) is 1. The number of carbonyl (C=O) groups is 2. The highest BCUT2D eigenvalue weighted by molar-refractivity contribution is 6.11. The molecule has 27 heavy (non-hydrogen) atoms. The van der Waals surface area contributed by atoms with E-state index in [9.17, 15) is 14.7 Å². The fourth-order valence-electron chi connectivity index (χ4n) is 4.52. The van der Waals surface area contributed by atoms with E-state index >= 15 is 0 Å². The molecule has 1 aromatic carbocycles. The monoisotopic (exact) mass is 371 g/mol. The number of hydrogen-bond donors (Lipinski definition) is 1. The van der Waals surface area contributed by atoms with Gasteiger partial charge < -0.3 is 19.5 Å². The van der Waals surface area contributed by atoms with Crippen LogP contribution in [0.4, 0.5) is 0 Å². The van der Waals surface area contributed by atoms with Gasteiger partial charge in [0.05, 0.1) is 30.7 Å². The van der Waals surface area contributed by atoms with Crippen molar-refractivity contribution < 1.29 is 24.2 Å². The third kappa shape index (κ3) is 3.02. The summed E-state index contributed by atoms with van der Waals surface area (Å²) in [6, 6.07) is 6.93. The molecule has 6 nitrogen and oxygen atoms in total. The minimum Gasteiger partial charge on any atom is -0.494 e. The largest absolute Gasteiger partial charge is 0.494 e. The molecule has 3 aliphatic rings. The number of ether oxygens (including phenoxy) is 2. The maximum absolute atomic E-state index is 13.3. The Kier molecular flexibility index (Phi) is 4.91. The predicted molar refractivity (Wildman–Crippen MR) is 98.0 cm³/mol. The van der Waals surface area contributed by atoms with Gasteiger partial charge in [-0.15, -0.1) is 0 Å². The maximum Gasteiger partial charge on any atom is 0.290 e. The lowest BCUT2D eigenvalue weighted by molar-refractivity contribution is -0.135. The average Bonchev–Trinajstić information content (AvgIpc) is 2.96. The van der Waals surface area contributed by atoms with Gasteiger partial charge in [0.1, 0.15) is 11.9 Å². The molecule has 1 aromatic rings. The number of nitrogens with zero attached hydrogens (tertiary/aromatic N) is 1. The Morgan fingerprint density at radius 1 is 1.26 bits per heavy atom. The molecule has 1 N–H and O–H groups in total. The van der Waals surface area contributed by atoms with Crippen molar-refractivity contribution in [2.75, 3.05) is 19.8 Å². The Morgan fingerprint density at radius 3 is 2.85 bits per heavy atom. The van der Waals surface area contributed by atoms with Crippen LogP contribution in [0, 0.1) is 5.92 Å². The first-order chi connectivity index (χ1) is 13.2. The van der Waals surface area contributed by atoms with Crippen LogP contribution in [0.25, 0.3) is 0 Å². The second kappa shape index (κ2) is 7.35. The summed E-state index contributed by atoms with van der Waals surface area (Å²) in [4.78, 5) is 27.9. The first-order valence-corrected chi connectivity index (χ1v) is 9.75. The molecule has 2 aliphatic heterocycles. The molecule has 3 unspecified atom stereocenters. The summed E-state index contributed by atoms with van der Waals surface area (Å²) in [5.74, 6) is 0.435. The number of amides is 1. The summed E-state index contributed by atoms with van der Waals surface area (Å²) in [6.45, 7) is 2.43. The van der Waals surface area contributed by atoms with E-state index in [-0.39, 0.29) is 42.6 Å². The zero-order valence-electron chi connectivity index (χ0n) is 15.5. The van der Waals surface area contributed by atoms with Crippen LogP contribution in [-0.4, -0.2) is 47.6 Å². The lowest BCUT2D eigenvalue weighted by Crippen LogP contribution is -2.39. The molecule has 1 fully saturated rings. The Hall–Kier alpha value is -2.34. The molecule has 1 amide bonds. The van der Waals surface area contributed by atoms with Gasteiger partial charge in [0.15, 0.2) is 11.5 Å². The molecule has 3 atom stereocenters. The Bertz CT molecular complexity index is 787. The van der Waals surface area contributed by atoms with Crippen molar-refractivity contribution in [3.05, 3.63) is 41.2 Å². The second-order valence-electron chi connectivity index (χ2n) is 7.28. The summed E-state index contributed by atoms with van der Waals surface area (Å²) < 4.78 is 11.6. The molecule has 1 saturated carbocycles. The van der Waals surface area contributed by atoms with Crippen LogP contribution in [0.1, 0.15) is 44.2 Å². The van der Waals surface area contributed by atoms with Crippen LogP contribution in [0.3, 0.4) is 0 Å².